The first kappa shape index (κ1) is 30.8. The predicted octanol–water partition coefficient (Wildman–Crippen LogP) is 2.05. The molecule has 37 heavy (non-hydrogen) atoms. The molecule has 0 heterocycles. The second-order valence-electron chi connectivity index (χ2n) is 8.61. The maximum absolute atomic E-state index is 3.30. The molecule has 0 aromatic heterocycles. The minimum absolute atomic E-state index is 0. The van der Waals surface area contributed by atoms with E-state index in [0.29, 0.717) is 0 Å². The van der Waals surface area contributed by atoms with Gasteiger partial charge in [-0.1, -0.05) is 35.4 Å². The molecule has 3 heteroatoms. The molecule has 0 saturated carbocycles. The van der Waals surface area contributed by atoms with Crippen LogP contribution in [0, 0.1) is 6.07 Å². The molecule has 0 radical (unpaired) electrons. The molecule has 0 unspecified atom stereocenters. The van der Waals surface area contributed by atoms with Crippen molar-refractivity contribution in [3.63, 3.8) is 0 Å². The number of halogens is 2. The second-order valence-corrected chi connectivity index (χ2v) is 10.3. The molecule has 5 aromatic rings. The Hall–Kier alpha value is -2.44. The molecule has 0 spiro atoms. The maximum Gasteiger partial charge on any atom is -0.0253 e. The Balaban J connectivity index is 0.000000213. The monoisotopic (exact) mass is 598 g/mol. The summed E-state index contributed by atoms with van der Waals surface area (Å²) in [5.74, 6) is 0. The van der Waals surface area contributed by atoms with E-state index in [4.69, 9.17) is 0 Å². The van der Waals surface area contributed by atoms with Gasteiger partial charge in [0.25, 0.3) is 0 Å². The summed E-state index contributed by atoms with van der Waals surface area (Å²) in [6.45, 7) is 0. The van der Waals surface area contributed by atoms with E-state index in [1.807, 2.05) is 36.4 Å². The van der Waals surface area contributed by atoms with Gasteiger partial charge in [-0.2, -0.15) is 48.0 Å². The largest absolute Gasteiger partial charge is 0.214 e. The smallest absolute Gasteiger partial charge is 0.0253 e. The summed E-state index contributed by atoms with van der Waals surface area (Å²) >= 11 is 1.57. The van der Waals surface area contributed by atoms with Crippen molar-refractivity contribution in [3.8, 4) is 11.1 Å². The fourth-order valence-corrected chi connectivity index (χ4v) is 5.00. The van der Waals surface area contributed by atoms with E-state index in [2.05, 4.69) is 103 Å². The van der Waals surface area contributed by atoms with E-state index in [-0.39, 0.29) is 24.8 Å². The van der Waals surface area contributed by atoms with Gasteiger partial charge in [-0.05, 0) is 6.42 Å². The minimum atomic E-state index is 0. The van der Waals surface area contributed by atoms with E-state index in [9.17, 15) is 0 Å². The van der Waals surface area contributed by atoms with Gasteiger partial charge in [0.2, 0.25) is 0 Å². The molecule has 0 aliphatic heterocycles. The van der Waals surface area contributed by atoms with Crippen LogP contribution >= 0.6 is 0 Å². The fraction of sp³-hybridized carbons (Fsp3) is 0.118. The summed E-state index contributed by atoms with van der Waals surface area (Å²) in [5.41, 5.74) is 8.39. The minimum Gasteiger partial charge on any atom is -0.214 e. The van der Waals surface area contributed by atoms with Crippen LogP contribution in [0.25, 0.3) is 11.1 Å². The first-order chi connectivity index (χ1) is 17.3. The van der Waals surface area contributed by atoms with Crippen LogP contribution in [0.2, 0.25) is 0 Å². The number of aryl methyl sites for hydroxylation is 1. The number of hydrogen-bond acceptors (Lipinski definition) is 0. The molecule has 0 bridgehead atoms. The number of rotatable bonds is 5. The molecule has 1 aliphatic rings. The Morgan fingerprint density at radius 2 is 1.27 bits per heavy atom. The van der Waals surface area contributed by atoms with Gasteiger partial charge in [0.1, 0.15) is 0 Å². The van der Waals surface area contributed by atoms with Crippen molar-refractivity contribution in [1.82, 2.24) is 0 Å². The van der Waals surface area contributed by atoms with Gasteiger partial charge in [0.15, 0.2) is 0 Å². The summed E-state index contributed by atoms with van der Waals surface area (Å²) < 4.78 is 1.65. The van der Waals surface area contributed by atoms with Crippen molar-refractivity contribution in [1.29, 1.82) is 0 Å². The Kier molecular flexibility index (Phi) is 14.3. The van der Waals surface area contributed by atoms with Crippen molar-refractivity contribution in [2.45, 2.75) is 25.7 Å². The third-order valence-corrected chi connectivity index (χ3v) is 7.04. The van der Waals surface area contributed by atoms with Gasteiger partial charge in [-0.25, -0.2) is 12.1 Å². The van der Waals surface area contributed by atoms with Crippen molar-refractivity contribution < 1.29 is 49.0 Å². The molecule has 6 rings (SSSR count). The van der Waals surface area contributed by atoms with Crippen molar-refractivity contribution in [2.24, 2.45) is 0 Å². The summed E-state index contributed by atoms with van der Waals surface area (Å²) in [7, 11) is 0. The molecule has 186 valence electrons. The molecule has 5 aromatic carbocycles. The summed E-state index contributed by atoms with van der Waals surface area (Å²) in [6, 6.07) is 49.6. The van der Waals surface area contributed by atoms with Crippen molar-refractivity contribution in [3.05, 3.63) is 162 Å². The van der Waals surface area contributed by atoms with Crippen LogP contribution in [0.4, 0.5) is 0 Å². The van der Waals surface area contributed by atoms with Crippen LogP contribution in [-0.2, 0) is 43.5 Å². The molecule has 0 atom stereocenters. The summed E-state index contributed by atoms with van der Waals surface area (Å²) in [6.07, 6.45) is 4.59. The zero-order valence-corrected chi connectivity index (χ0v) is 24.8. The molecule has 0 fully saturated rings. The van der Waals surface area contributed by atoms with Crippen LogP contribution in [0.3, 0.4) is 0 Å². The van der Waals surface area contributed by atoms with Gasteiger partial charge < -0.3 is 24.8 Å². The normalized spacial score (nSPS) is 10.1. The van der Waals surface area contributed by atoms with Gasteiger partial charge in [0, 0.05) is 0 Å². The maximum atomic E-state index is 3.30. The Labute approximate surface area is 249 Å². The Bertz CT molecular complexity index is 1240. The van der Waals surface area contributed by atoms with Crippen molar-refractivity contribution in [2.75, 3.05) is 0 Å². The molecular formula is C34H30Cl2Zr-2. The molecule has 1 aliphatic carbocycles. The molecule has 0 saturated heterocycles. The summed E-state index contributed by atoms with van der Waals surface area (Å²) in [4.78, 5) is 0. The second kappa shape index (κ2) is 17.1. The van der Waals surface area contributed by atoms with E-state index in [0.717, 1.165) is 12.8 Å². The first-order valence-electron chi connectivity index (χ1n) is 12.2. The SMILES string of the molecule is [Cl-].[Cl-].[Zr+2]=[C](CCc1ccccc1)Cc1ccccc1.[c-]1cccc2c1Cc1ccccc1-2.c1cc[cH-]c1. The van der Waals surface area contributed by atoms with Crippen LogP contribution in [0.5, 0.6) is 0 Å². The standard InChI is InChI=1S/C16H16.C13H9.C5H5.2ClH.Zr/c1-3-9-15(10-4-1)13-7-8-14-16-11-5-2-6-12-16;1-3-7-12-10(5-1)9-11-6-2-4-8-13(11)12;1-2-4-5-3-1;;;/h1-6,9-12H,7,13-14H2;1-5,7-8H,9H2;1-5H;2*1H;/q;2*-1;;;+2/p-2. The van der Waals surface area contributed by atoms with Crippen molar-refractivity contribution >= 4 is 3.21 Å². The third-order valence-electron chi connectivity index (χ3n) is 5.99. The van der Waals surface area contributed by atoms with Gasteiger partial charge >= 0.3 is 118 Å². The average molecular weight is 601 g/mol. The zero-order chi connectivity index (χ0) is 24.1. The molecule has 0 amide bonds. The van der Waals surface area contributed by atoms with E-state index in [1.54, 1.807) is 27.4 Å². The molecular weight excluding hydrogens is 571 g/mol. The van der Waals surface area contributed by atoms with Crippen LogP contribution in [0.1, 0.15) is 28.7 Å². The number of hydrogen-bond donors (Lipinski definition) is 0. The molecule has 0 N–H and O–H groups in total. The fourth-order valence-electron chi connectivity index (χ4n) is 4.19. The van der Waals surface area contributed by atoms with E-state index < -0.39 is 0 Å². The summed E-state index contributed by atoms with van der Waals surface area (Å²) in [5, 5.41) is 0. The van der Waals surface area contributed by atoms with E-state index >= 15 is 0 Å². The van der Waals surface area contributed by atoms with Crippen LogP contribution in [-0.4, -0.2) is 3.21 Å². The first-order valence-corrected chi connectivity index (χ1v) is 13.4. The topological polar surface area (TPSA) is 0 Å². The Morgan fingerprint density at radius 3 is 1.92 bits per heavy atom. The van der Waals surface area contributed by atoms with Gasteiger partial charge in [0.05, 0.1) is 0 Å². The van der Waals surface area contributed by atoms with Crippen LogP contribution < -0.4 is 24.8 Å². The quantitative estimate of drug-likeness (QED) is 0.266. The van der Waals surface area contributed by atoms with Gasteiger partial charge in [-0.3, -0.25) is 0 Å². The average Bonchev–Trinajstić information content (AvgIpc) is 3.61. The van der Waals surface area contributed by atoms with Crippen LogP contribution in [0.15, 0.2) is 133 Å². The number of fused-ring (bicyclic) bond motifs is 3. The third kappa shape index (κ3) is 10.1. The predicted molar refractivity (Wildman–Crippen MR) is 145 cm³/mol. The van der Waals surface area contributed by atoms with E-state index in [1.165, 1.54) is 46.2 Å². The van der Waals surface area contributed by atoms with Gasteiger partial charge in [-0.15, -0.1) is 5.56 Å². The Morgan fingerprint density at radius 1 is 0.676 bits per heavy atom. The molecule has 0 nitrogen and oxygen atoms in total. The zero-order valence-electron chi connectivity index (χ0n) is 20.8. The number of benzene rings is 4.